The van der Waals surface area contributed by atoms with E-state index in [1.54, 1.807) is 0 Å². The lowest BCUT2D eigenvalue weighted by Crippen LogP contribution is -2.51. The molecule has 2 N–H and O–H groups in total. The van der Waals surface area contributed by atoms with E-state index in [0.717, 1.165) is 24.1 Å². The number of rotatable bonds is 6. The van der Waals surface area contributed by atoms with Crippen molar-refractivity contribution in [3.8, 4) is 0 Å². The maximum Gasteiger partial charge on any atom is 0.328 e. The first-order valence-electron chi connectivity index (χ1n) is 9.65. The smallest absolute Gasteiger partial charge is 0.328 e. The van der Waals surface area contributed by atoms with Gasteiger partial charge in [0.05, 0.1) is 26.2 Å². The summed E-state index contributed by atoms with van der Waals surface area (Å²) in [5, 5.41) is 2.46. The average Bonchev–Trinajstić information content (AvgIpc) is 3.28. The Kier molecular flexibility index (Phi) is 7.01. The Hall–Kier alpha value is -3.57. The van der Waals surface area contributed by atoms with Gasteiger partial charge in [0.1, 0.15) is 12.1 Å². The van der Waals surface area contributed by atoms with Gasteiger partial charge in [0.15, 0.2) is 17.5 Å². The van der Waals surface area contributed by atoms with Crippen LogP contribution in [0.5, 0.6) is 0 Å². The highest BCUT2D eigenvalue weighted by molar-refractivity contribution is 5.84. The second-order valence-corrected chi connectivity index (χ2v) is 7.02. The number of aromatic amines is 1. The van der Waals surface area contributed by atoms with E-state index in [-0.39, 0.29) is 30.6 Å². The van der Waals surface area contributed by atoms with Gasteiger partial charge in [0.25, 0.3) is 0 Å². The number of urea groups is 1. The number of aromatic nitrogens is 2. The number of esters is 2. The van der Waals surface area contributed by atoms with Crippen LogP contribution in [0.2, 0.25) is 0 Å². The van der Waals surface area contributed by atoms with Crippen LogP contribution in [-0.4, -0.2) is 59.6 Å². The van der Waals surface area contributed by atoms with Crippen molar-refractivity contribution >= 4 is 18.0 Å². The average molecular weight is 454 g/mol. The van der Waals surface area contributed by atoms with Gasteiger partial charge in [-0.1, -0.05) is 6.07 Å². The minimum atomic E-state index is -1.67. The van der Waals surface area contributed by atoms with E-state index in [1.807, 2.05) is 0 Å². The zero-order valence-electron chi connectivity index (χ0n) is 17.3. The standard InChI is InChI=1S/C20H21F3N4O5/c1-31-14(28)6-5-13(19(29)32-2)26-20(30)27-8-7-12-17(25-9-24-12)18(27)10-3-4-11(21)16(23)15(10)22/h3-4,9,13,18H,5-8H2,1-2H3,(H,24,25)(H,26,30)/t13-,18-/m1/s1. The van der Waals surface area contributed by atoms with Crippen molar-refractivity contribution in [2.24, 2.45) is 0 Å². The fourth-order valence-corrected chi connectivity index (χ4v) is 3.55. The molecule has 2 aromatic rings. The molecule has 2 atom stereocenters. The Morgan fingerprint density at radius 3 is 2.66 bits per heavy atom. The molecule has 32 heavy (non-hydrogen) atoms. The maximum absolute atomic E-state index is 14.6. The van der Waals surface area contributed by atoms with Crippen molar-refractivity contribution in [2.45, 2.75) is 31.3 Å². The molecule has 0 aliphatic carbocycles. The van der Waals surface area contributed by atoms with Gasteiger partial charge in [0.2, 0.25) is 0 Å². The molecule has 0 saturated carbocycles. The molecule has 0 bridgehead atoms. The first-order chi connectivity index (χ1) is 15.3. The van der Waals surface area contributed by atoms with E-state index in [9.17, 15) is 27.6 Å². The predicted octanol–water partition coefficient (Wildman–Crippen LogP) is 1.98. The van der Waals surface area contributed by atoms with Crippen molar-refractivity contribution in [1.82, 2.24) is 20.2 Å². The molecule has 172 valence electrons. The van der Waals surface area contributed by atoms with Crippen LogP contribution >= 0.6 is 0 Å². The first-order valence-corrected chi connectivity index (χ1v) is 9.65. The molecular formula is C20H21F3N4O5. The van der Waals surface area contributed by atoms with E-state index < -0.39 is 47.5 Å². The molecule has 1 aliphatic heterocycles. The highest BCUT2D eigenvalue weighted by Gasteiger charge is 2.38. The third-order valence-electron chi connectivity index (χ3n) is 5.19. The van der Waals surface area contributed by atoms with E-state index in [0.29, 0.717) is 12.1 Å². The topological polar surface area (TPSA) is 114 Å². The number of imidazole rings is 1. The van der Waals surface area contributed by atoms with Crippen molar-refractivity contribution in [2.75, 3.05) is 20.8 Å². The molecule has 0 saturated heterocycles. The lowest BCUT2D eigenvalue weighted by atomic mass is 9.95. The number of ether oxygens (including phenoxy) is 2. The van der Waals surface area contributed by atoms with Crippen LogP contribution in [0.25, 0.3) is 0 Å². The summed E-state index contributed by atoms with van der Waals surface area (Å²) in [4.78, 5) is 44.8. The molecule has 1 aromatic heterocycles. The lowest BCUT2D eigenvalue weighted by Gasteiger charge is -2.36. The van der Waals surface area contributed by atoms with Crippen LogP contribution in [0, 0.1) is 17.5 Å². The summed E-state index contributed by atoms with van der Waals surface area (Å²) in [5.41, 5.74) is 0.579. The van der Waals surface area contributed by atoms with Gasteiger partial charge in [-0.25, -0.2) is 27.7 Å². The molecule has 0 unspecified atom stereocenters. The normalized spacial score (nSPS) is 16.2. The van der Waals surface area contributed by atoms with Gasteiger partial charge in [-0.3, -0.25) is 4.79 Å². The van der Waals surface area contributed by atoms with Gasteiger partial charge >= 0.3 is 18.0 Å². The monoisotopic (exact) mass is 454 g/mol. The van der Waals surface area contributed by atoms with Gasteiger partial charge < -0.3 is 24.7 Å². The SMILES string of the molecule is COC(=O)CC[C@@H](NC(=O)N1CCc2[nH]cnc2[C@H]1c1ccc(F)c(F)c1F)C(=O)OC. The van der Waals surface area contributed by atoms with Crippen molar-refractivity contribution in [1.29, 1.82) is 0 Å². The molecule has 12 heteroatoms. The molecule has 1 aliphatic rings. The summed E-state index contributed by atoms with van der Waals surface area (Å²) in [7, 11) is 2.31. The fraction of sp³-hybridized carbons (Fsp3) is 0.400. The van der Waals surface area contributed by atoms with E-state index >= 15 is 0 Å². The number of hydrogen-bond acceptors (Lipinski definition) is 6. The molecular weight excluding hydrogens is 433 g/mol. The predicted molar refractivity (Wildman–Crippen MR) is 103 cm³/mol. The molecule has 2 amide bonds. The van der Waals surface area contributed by atoms with Gasteiger partial charge in [-0.2, -0.15) is 0 Å². The Bertz CT molecular complexity index is 1030. The number of carbonyl (C=O) groups excluding carboxylic acids is 3. The van der Waals surface area contributed by atoms with Gasteiger partial charge in [-0.15, -0.1) is 0 Å². The minimum absolute atomic E-state index is 0.0645. The number of H-pyrrole nitrogens is 1. The number of nitrogens with one attached hydrogen (secondary N) is 2. The molecule has 0 radical (unpaired) electrons. The molecule has 3 rings (SSSR count). The molecule has 2 heterocycles. The summed E-state index contributed by atoms with van der Waals surface area (Å²) in [6, 6.07) is -1.37. The number of fused-ring (bicyclic) bond motifs is 1. The summed E-state index contributed by atoms with van der Waals surface area (Å²) in [6.45, 7) is 0.0645. The van der Waals surface area contributed by atoms with E-state index in [2.05, 4.69) is 24.8 Å². The molecule has 0 fully saturated rings. The zero-order chi connectivity index (χ0) is 23.4. The number of hydrogen-bond donors (Lipinski definition) is 2. The van der Waals surface area contributed by atoms with Crippen LogP contribution in [-0.2, 0) is 25.5 Å². The molecule has 1 aromatic carbocycles. The van der Waals surface area contributed by atoms with E-state index in [4.69, 9.17) is 0 Å². The number of halogens is 3. The maximum atomic E-state index is 14.6. The minimum Gasteiger partial charge on any atom is -0.469 e. The van der Waals surface area contributed by atoms with Crippen molar-refractivity contribution in [3.05, 3.63) is 52.9 Å². The summed E-state index contributed by atoms with van der Waals surface area (Å²) in [6.07, 6.45) is 1.41. The van der Waals surface area contributed by atoms with Gasteiger partial charge in [-0.05, 0) is 12.5 Å². The van der Waals surface area contributed by atoms with E-state index in [1.165, 1.54) is 13.4 Å². The summed E-state index contributed by atoms with van der Waals surface area (Å²) in [5.74, 6) is -5.87. The van der Waals surface area contributed by atoms with Crippen LogP contribution in [0.3, 0.4) is 0 Å². The highest BCUT2D eigenvalue weighted by Crippen LogP contribution is 2.35. The van der Waals surface area contributed by atoms with Gasteiger partial charge in [0, 0.05) is 30.6 Å². The fourth-order valence-electron chi connectivity index (χ4n) is 3.55. The van der Waals surface area contributed by atoms with Crippen LogP contribution < -0.4 is 5.32 Å². The Morgan fingerprint density at radius 1 is 1.22 bits per heavy atom. The largest absolute Gasteiger partial charge is 0.469 e. The second-order valence-electron chi connectivity index (χ2n) is 7.02. The third kappa shape index (κ3) is 4.53. The molecule has 0 spiro atoms. The first kappa shape index (κ1) is 23.1. The Labute approximate surface area is 180 Å². The number of carbonyl (C=O) groups is 3. The number of nitrogens with zero attached hydrogens (tertiary/aromatic N) is 2. The Balaban J connectivity index is 1.92. The molecule has 9 nitrogen and oxygen atoms in total. The lowest BCUT2D eigenvalue weighted by molar-refractivity contribution is -0.144. The van der Waals surface area contributed by atoms with Crippen LogP contribution in [0.4, 0.5) is 18.0 Å². The quantitative estimate of drug-likeness (QED) is 0.510. The van der Waals surface area contributed by atoms with Crippen LogP contribution in [0.15, 0.2) is 18.5 Å². The number of amides is 2. The van der Waals surface area contributed by atoms with Crippen molar-refractivity contribution < 1.29 is 37.0 Å². The third-order valence-corrected chi connectivity index (χ3v) is 5.19. The highest BCUT2D eigenvalue weighted by atomic mass is 19.2. The second kappa shape index (κ2) is 9.71. The Morgan fingerprint density at radius 2 is 1.97 bits per heavy atom. The number of benzene rings is 1. The van der Waals surface area contributed by atoms with Crippen LogP contribution in [0.1, 0.15) is 35.8 Å². The summed E-state index contributed by atoms with van der Waals surface area (Å²) < 4.78 is 51.3. The summed E-state index contributed by atoms with van der Waals surface area (Å²) >= 11 is 0. The zero-order valence-corrected chi connectivity index (χ0v) is 17.3. The van der Waals surface area contributed by atoms with Crippen molar-refractivity contribution in [3.63, 3.8) is 0 Å². The number of methoxy groups -OCH3 is 2.